The van der Waals surface area contributed by atoms with Gasteiger partial charge < -0.3 is 4.98 Å². The minimum Gasteiger partial charge on any atom is -0.311 e. The van der Waals surface area contributed by atoms with Gasteiger partial charge in [0.25, 0.3) is 5.56 Å². The molecular weight excluding hydrogens is 354 g/mol. The third kappa shape index (κ3) is 3.48. The largest absolute Gasteiger partial charge is 0.416 e. The first-order valence-electron chi connectivity index (χ1n) is 7.52. The Balaban J connectivity index is 1.93. The third-order valence-electron chi connectivity index (χ3n) is 3.80. The van der Waals surface area contributed by atoms with Crippen LogP contribution in [0.3, 0.4) is 0 Å². The maximum Gasteiger partial charge on any atom is 0.416 e. The number of halogens is 4. The van der Waals surface area contributed by atoms with Crippen molar-refractivity contribution < 1.29 is 17.6 Å². The summed E-state index contributed by atoms with van der Waals surface area (Å²) in [6.07, 6.45) is -4.62. The number of aromatic amines is 2. The molecule has 6 nitrogen and oxygen atoms in total. The maximum atomic E-state index is 14.1. The minimum absolute atomic E-state index is 0.0377. The van der Waals surface area contributed by atoms with Crippen LogP contribution in [0.15, 0.2) is 29.1 Å². The number of hydrogen-bond acceptors (Lipinski definition) is 4. The van der Waals surface area contributed by atoms with Crippen LogP contribution in [0.4, 0.5) is 17.6 Å². The predicted molar refractivity (Wildman–Crippen MR) is 83.9 cm³/mol. The Bertz CT molecular complexity index is 1010. The van der Waals surface area contributed by atoms with Crippen LogP contribution in [0.2, 0.25) is 0 Å². The first-order chi connectivity index (χ1) is 12.1. The van der Waals surface area contributed by atoms with Crippen LogP contribution in [0, 0.1) is 12.7 Å². The van der Waals surface area contributed by atoms with Crippen LogP contribution < -0.4 is 5.56 Å². The summed E-state index contributed by atoms with van der Waals surface area (Å²) in [6, 6.07) is 3.54. The van der Waals surface area contributed by atoms with E-state index in [2.05, 4.69) is 25.1 Å². The van der Waals surface area contributed by atoms with Crippen molar-refractivity contribution in [3.63, 3.8) is 0 Å². The highest BCUT2D eigenvalue weighted by Gasteiger charge is 2.31. The number of hydrogen-bond donors (Lipinski definition) is 2. The molecule has 0 saturated carbocycles. The van der Waals surface area contributed by atoms with Gasteiger partial charge in [-0.25, -0.2) is 14.4 Å². The van der Waals surface area contributed by atoms with E-state index in [-0.39, 0.29) is 28.5 Å². The molecule has 0 bridgehead atoms. The van der Waals surface area contributed by atoms with E-state index < -0.39 is 23.5 Å². The second-order valence-corrected chi connectivity index (χ2v) is 5.72. The first-order valence-corrected chi connectivity index (χ1v) is 7.52. The average Bonchev–Trinajstić information content (AvgIpc) is 3.02. The Morgan fingerprint density at radius 3 is 2.50 bits per heavy atom. The van der Waals surface area contributed by atoms with E-state index in [4.69, 9.17) is 0 Å². The number of aryl methyl sites for hydroxylation is 1. The molecule has 2 heterocycles. The quantitative estimate of drug-likeness (QED) is 0.696. The second-order valence-electron chi connectivity index (χ2n) is 5.72. The molecule has 0 aliphatic heterocycles. The number of aromatic nitrogens is 5. The van der Waals surface area contributed by atoms with Crippen LogP contribution in [0.5, 0.6) is 0 Å². The van der Waals surface area contributed by atoms with Crippen molar-refractivity contribution in [1.29, 1.82) is 0 Å². The lowest BCUT2D eigenvalue weighted by molar-refractivity contribution is -0.137. The summed E-state index contributed by atoms with van der Waals surface area (Å²) in [5, 5.41) is 6.56. The van der Waals surface area contributed by atoms with Crippen LogP contribution >= 0.6 is 0 Å². The van der Waals surface area contributed by atoms with E-state index in [0.717, 1.165) is 12.1 Å². The fourth-order valence-electron chi connectivity index (χ4n) is 2.48. The fraction of sp³-hybridized carbons (Fsp3) is 0.250. The Kier molecular flexibility index (Phi) is 4.34. The molecule has 0 aliphatic carbocycles. The Morgan fingerprint density at radius 1 is 1.15 bits per heavy atom. The second kappa shape index (κ2) is 6.36. The van der Waals surface area contributed by atoms with Gasteiger partial charge in [-0.1, -0.05) is 13.0 Å². The molecule has 0 amide bonds. The molecule has 2 N–H and O–H groups in total. The number of alkyl halides is 3. The fourth-order valence-corrected chi connectivity index (χ4v) is 2.48. The molecule has 1 unspecified atom stereocenters. The molecule has 0 spiro atoms. The molecule has 3 aromatic rings. The van der Waals surface area contributed by atoms with Crippen molar-refractivity contribution in [2.75, 3.05) is 0 Å². The molecule has 3 rings (SSSR count). The van der Waals surface area contributed by atoms with Crippen molar-refractivity contribution in [3.8, 4) is 11.5 Å². The van der Waals surface area contributed by atoms with Gasteiger partial charge in [0.2, 0.25) is 0 Å². The van der Waals surface area contributed by atoms with Crippen molar-refractivity contribution in [1.82, 2.24) is 25.1 Å². The average molecular weight is 367 g/mol. The number of rotatable bonds is 3. The molecule has 0 radical (unpaired) electrons. The van der Waals surface area contributed by atoms with Gasteiger partial charge in [0.15, 0.2) is 5.82 Å². The summed E-state index contributed by atoms with van der Waals surface area (Å²) in [5.74, 6) is -0.926. The SMILES string of the molecule is Cc1nc(-c2n[nH]c(C(C)c3ccc(C(F)(F)F)cc3F)n2)cc(=O)[nH]1. The predicted octanol–water partition coefficient (Wildman–Crippen LogP) is 3.17. The molecular formula is C16H13F4N5O. The van der Waals surface area contributed by atoms with Gasteiger partial charge >= 0.3 is 6.18 Å². The van der Waals surface area contributed by atoms with E-state index in [9.17, 15) is 22.4 Å². The molecule has 10 heteroatoms. The lowest BCUT2D eigenvalue weighted by atomic mass is 9.98. The van der Waals surface area contributed by atoms with Gasteiger partial charge in [-0.05, 0) is 24.6 Å². The zero-order chi connectivity index (χ0) is 19.1. The highest BCUT2D eigenvalue weighted by molar-refractivity contribution is 5.48. The van der Waals surface area contributed by atoms with Crippen molar-refractivity contribution in [3.05, 3.63) is 63.2 Å². The van der Waals surface area contributed by atoms with Crippen LogP contribution in [-0.4, -0.2) is 25.1 Å². The molecule has 0 saturated heterocycles. The number of nitrogens with zero attached hydrogens (tertiary/aromatic N) is 3. The van der Waals surface area contributed by atoms with Gasteiger partial charge in [-0.3, -0.25) is 9.89 Å². The number of H-pyrrole nitrogens is 2. The molecule has 1 atom stereocenters. The molecule has 1 aromatic carbocycles. The molecule has 0 fully saturated rings. The lowest BCUT2D eigenvalue weighted by Gasteiger charge is -2.12. The number of benzene rings is 1. The van der Waals surface area contributed by atoms with Crippen molar-refractivity contribution >= 4 is 0 Å². The van der Waals surface area contributed by atoms with E-state index in [1.165, 1.54) is 6.07 Å². The first kappa shape index (κ1) is 17.8. The Morgan fingerprint density at radius 2 is 1.88 bits per heavy atom. The van der Waals surface area contributed by atoms with E-state index in [1.807, 2.05) is 0 Å². The smallest absolute Gasteiger partial charge is 0.311 e. The summed E-state index contributed by atoms with van der Waals surface area (Å²) < 4.78 is 52.1. The molecule has 136 valence electrons. The summed E-state index contributed by atoms with van der Waals surface area (Å²) in [7, 11) is 0. The molecule has 0 aliphatic rings. The zero-order valence-electron chi connectivity index (χ0n) is 13.6. The Labute approximate surface area is 144 Å². The van der Waals surface area contributed by atoms with Gasteiger partial charge in [0.1, 0.15) is 23.2 Å². The van der Waals surface area contributed by atoms with Crippen LogP contribution in [-0.2, 0) is 6.18 Å². The van der Waals surface area contributed by atoms with Crippen molar-refractivity contribution in [2.24, 2.45) is 0 Å². The third-order valence-corrected chi connectivity index (χ3v) is 3.80. The van der Waals surface area contributed by atoms with Crippen LogP contribution in [0.25, 0.3) is 11.5 Å². The summed E-state index contributed by atoms with van der Waals surface area (Å²) >= 11 is 0. The van der Waals surface area contributed by atoms with E-state index in [0.29, 0.717) is 11.9 Å². The highest BCUT2D eigenvalue weighted by atomic mass is 19.4. The highest BCUT2D eigenvalue weighted by Crippen LogP contribution is 2.32. The minimum atomic E-state index is -4.62. The zero-order valence-corrected chi connectivity index (χ0v) is 13.6. The standard InChI is InChI=1S/C16H13F4N5O/c1-7(10-4-3-9(5-11(10)17)16(18,19)20)14-23-15(25-24-14)12-6-13(26)22-8(2)21-12/h3-7H,1-2H3,(H,21,22,26)(H,23,24,25). The Hall–Kier alpha value is -3.04. The monoisotopic (exact) mass is 367 g/mol. The molecule has 2 aromatic heterocycles. The van der Waals surface area contributed by atoms with E-state index in [1.54, 1.807) is 13.8 Å². The topological polar surface area (TPSA) is 87.3 Å². The van der Waals surface area contributed by atoms with Crippen LogP contribution in [0.1, 0.15) is 35.6 Å². The van der Waals surface area contributed by atoms with Gasteiger partial charge in [0.05, 0.1) is 5.56 Å². The normalized spacial score (nSPS) is 13.0. The molecule has 26 heavy (non-hydrogen) atoms. The van der Waals surface area contributed by atoms with Gasteiger partial charge in [-0.2, -0.15) is 18.3 Å². The summed E-state index contributed by atoms with van der Waals surface area (Å²) in [6.45, 7) is 3.17. The van der Waals surface area contributed by atoms with E-state index >= 15 is 0 Å². The van der Waals surface area contributed by atoms with Crippen molar-refractivity contribution in [2.45, 2.75) is 25.9 Å². The van der Waals surface area contributed by atoms with Gasteiger partial charge in [0, 0.05) is 12.0 Å². The maximum absolute atomic E-state index is 14.1. The lowest BCUT2D eigenvalue weighted by Crippen LogP contribution is -2.09. The summed E-state index contributed by atoms with van der Waals surface area (Å²) in [5.41, 5.74) is -1.17. The number of nitrogens with one attached hydrogen (secondary N) is 2. The van der Waals surface area contributed by atoms with Gasteiger partial charge in [-0.15, -0.1) is 0 Å². The summed E-state index contributed by atoms with van der Waals surface area (Å²) in [4.78, 5) is 22.3.